The molecule has 1 N–H and O–H groups in total. The first-order chi connectivity index (χ1) is 8.20. The van der Waals surface area contributed by atoms with Gasteiger partial charge in [-0.25, -0.2) is 4.39 Å². The number of hydrogen-bond acceptors (Lipinski definition) is 3. The monoisotopic (exact) mass is 240 g/mol. The van der Waals surface area contributed by atoms with Crippen LogP contribution in [0.4, 0.5) is 10.1 Å². The molecule has 0 aliphatic carbocycles. The molecule has 0 bridgehead atoms. The van der Waals surface area contributed by atoms with Gasteiger partial charge in [0.25, 0.3) is 0 Å². The maximum absolute atomic E-state index is 13.8. The van der Waals surface area contributed by atoms with Gasteiger partial charge >= 0.3 is 0 Å². The van der Waals surface area contributed by atoms with Crippen LogP contribution in [-0.2, 0) is 11.3 Å². The molecule has 0 saturated heterocycles. The Kier molecular flexibility index (Phi) is 5.94. The smallest absolute Gasteiger partial charge is 0.146 e. The number of nitrogens with zero attached hydrogens (tertiary/aromatic N) is 1. The molecule has 0 aliphatic heterocycles. The number of anilines is 1. The van der Waals surface area contributed by atoms with E-state index < -0.39 is 0 Å². The SMILES string of the molecule is CNCc1cccc(F)c1N(C)CCCOC. The van der Waals surface area contributed by atoms with Gasteiger partial charge in [-0.05, 0) is 25.1 Å². The molecule has 1 aromatic carbocycles. The fourth-order valence-corrected chi connectivity index (χ4v) is 1.88. The van der Waals surface area contributed by atoms with Crippen LogP contribution in [0, 0.1) is 5.82 Å². The van der Waals surface area contributed by atoms with Crippen molar-refractivity contribution in [3.05, 3.63) is 29.6 Å². The molecule has 0 heterocycles. The summed E-state index contributed by atoms with van der Waals surface area (Å²) in [5.74, 6) is -0.169. The minimum absolute atomic E-state index is 0.169. The molecular formula is C13H21FN2O. The van der Waals surface area contributed by atoms with Gasteiger partial charge in [0.1, 0.15) is 5.82 Å². The molecule has 0 saturated carbocycles. The minimum atomic E-state index is -0.169. The van der Waals surface area contributed by atoms with Gasteiger partial charge < -0.3 is 15.0 Å². The highest BCUT2D eigenvalue weighted by Crippen LogP contribution is 2.23. The van der Waals surface area contributed by atoms with Crippen molar-refractivity contribution in [2.75, 3.05) is 39.3 Å². The topological polar surface area (TPSA) is 24.5 Å². The lowest BCUT2D eigenvalue weighted by Gasteiger charge is -2.23. The number of benzene rings is 1. The second-order valence-electron chi connectivity index (χ2n) is 4.05. The van der Waals surface area contributed by atoms with Crippen molar-refractivity contribution in [2.45, 2.75) is 13.0 Å². The van der Waals surface area contributed by atoms with Crippen molar-refractivity contribution in [3.8, 4) is 0 Å². The van der Waals surface area contributed by atoms with Gasteiger partial charge in [-0.3, -0.25) is 0 Å². The van der Waals surface area contributed by atoms with E-state index in [1.807, 2.05) is 25.1 Å². The third-order valence-electron chi connectivity index (χ3n) is 2.66. The number of halogens is 1. The first kappa shape index (κ1) is 13.9. The van der Waals surface area contributed by atoms with Crippen LogP contribution in [0.25, 0.3) is 0 Å². The molecule has 0 aromatic heterocycles. The Morgan fingerprint density at radius 3 is 2.82 bits per heavy atom. The Hall–Kier alpha value is -1.13. The molecular weight excluding hydrogens is 219 g/mol. The van der Waals surface area contributed by atoms with Crippen LogP contribution in [0.15, 0.2) is 18.2 Å². The van der Waals surface area contributed by atoms with Gasteiger partial charge in [0, 0.05) is 33.9 Å². The van der Waals surface area contributed by atoms with E-state index in [4.69, 9.17) is 4.74 Å². The summed E-state index contributed by atoms with van der Waals surface area (Å²) in [5.41, 5.74) is 1.66. The van der Waals surface area contributed by atoms with Crippen molar-refractivity contribution >= 4 is 5.69 Å². The highest BCUT2D eigenvalue weighted by molar-refractivity contribution is 5.54. The van der Waals surface area contributed by atoms with E-state index in [9.17, 15) is 4.39 Å². The summed E-state index contributed by atoms with van der Waals surface area (Å²) in [6.07, 6.45) is 0.889. The number of hydrogen-bond donors (Lipinski definition) is 1. The normalized spacial score (nSPS) is 10.6. The van der Waals surface area contributed by atoms with Crippen molar-refractivity contribution in [1.82, 2.24) is 5.32 Å². The van der Waals surface area contributed by atoms with Crippen molar-refractivity contribution < 1.29 is 9.13 Å². The number of ether oxygens (including phenoxy) is 1. The fourth-order valence-electron chi connectivity index (χ4n) is 1.88. The largest absolute Gasteiger partial charge is 0.385 e. The summed E-state index contributed by atoms with van der Waals surface area (Å²) < 4.78 is 18.8. The summed E-state index contributed by atoms with van der Waals surface area (Å²) in [5, 5.41) is 3.06. The molecule has 0 amide bonds. The van der Waals surface area contributed by atoms with E-state index in [1.165, 1.54) is 6.07 Å². The van der Waals surface area contributed by atoms with Crippen molar-refractivity contribution in [3.63, 3.8) is 0 Å². The second-order valence-corrected chi connectivity index (χ2v) is 4.05. The summed E-state index contributed by atoms with van der Waals surface area (Å²) in [4.78, 5) is 1.95. The van der Waals surface area contributed by atoms with Crippen LogP contribution in [0.5, 0.6) is 0 Å². The standard InChI is InChI=1S/C13H21FN2O/c1-15-10-11-6-4-7-12(14)13(11)16(2)8-5-9-17-3/h4,6-7,15H,5,8-10H2,1-3H3. The van der Waals surface area contributed by atoms with Crippen LogP contribution in [-0.4, -0.2) is 34.4 Å². The number of nitrogens with one attached hydrogen (secondary N) is 1. The first-order valence-corrected chi connectivity index (χ1v) is 5.82. The fraction of sp³-hybridized carbons (Fsp3) is 0.538. The van der Waals surface area contributed by atoms with Crippen LogP contribution >= 0.6 is 0 Å². The van der Waals surface area contributed by atoms with Crippen LogP contribution < -0.4 is 10.2 Å². The van der Waals surface area contributed by atoms with E-state index in [0.29, 0.717) is 18.8 Å². The molecule has 0 radical (unpaired) electrons. The van der Waals surface area contributed by atoms with Crippen LogP contribution in [0.2, 0.25) is 0 Å². The van der Waals surface area contributed by atoms with Crippen LogP contribution in [0.1, 0.15) is 12.0 Å². The van der Waals surface area contributed by atoms with Gasteiger partial charge in [0.2, 0.25) is 0 Å². The Morgan fingerprint density at radius 2 is 2.18 bits per heavy atom. The van der Waals surface area contributed by atoms with Crippen molar-refractivity contribution in [1.29, 1.82) is 0 Å². The molecule has 0 aliphatic rings. The molecule has 96 valence electrons. The molecule has 1 rings (SSSR count). The molecule has 0 fully saturated rings. The van der Waals surface area contributed by atoms with E-state index in [2.05, 4.69) is 5.32 Å². The number of methoxy groups -OCH3 is 1. The van der Waals surface area contributed by atoms with Gasteiger partial charge in [-0.1, -0.05) is 12.1 Å². The van der Waals surface area contributed by atoms with E-state index in [-0.39, 0.29) is 5.82 Å². The average molecular weight is 240 g/mol. The lowest BCUT2D eigenvalue weighted by Crippen LogP contribution is -2.23. The zero-order valence-electron chi connectivity index (χ0n) is 10.8. The number of rotatable bonds is 7. The molecule has 0 atom stereocenters. The maximum atomic E-state index is 13.8. The molecule has 3 nitrogen and oxygen atoms in total. The Bertz CT molecular complexity index is 344. The highest BCUT2D eigenvalue weighted by atomic mass is 19.1. The van der Waals surface area contributed by atoms with E-state index >= 15 is 0 Å². The molecule has 0 unspecified atom stereocenters. The summed E-state index contributed by atoms with van der Waals surface area (Å²) in [7, 11) is 5.45. The second kappa shape index (κ2) is 7.25. The van der Waals surface area contributed by atoms with Gasteiger partial charge in [-0.2, -0.15) is 0 Å². The van der Waals surface area contributed by atoms with Gasteiger partial charge in [0.15, 0.2) is 0 Å². The Labute approximate surface area is 103 Å². The third-order valence-corrected chi connectivity index (χ3v) is 2.66. The third kappa shape index (κ3) is 3.98. The number of para-hydroxylation sites is 1. The quantitative estimate of drug-likeness (QED) is 0.738. The first-order valence-electron chi connectivity index (χ1n) is 5.82. The van der Waals surface area contributed by atoms with Gasteiger partial charge in [-0.15, -0.1) is 0 Å². The zero-order chi connectivity index (χ0) is 12.7. The van der Waals surface area contributed by atoms with Gasteiger partial charge in [0.05, 0.1) is 5.69 Å². The summed E-state index contributed by atoms with van der Waals surface area (Å²) in [6.45, 7) is 2.15. The van der Waals surface area contributed by atoms with E-state index in [1.54, 1.807) is 13.2 Å². The molecule has 1 aromatic rings. The van der Waals surface area contributed by atoms with Crippen LogP contribution in [0.3, 0.4) is 0 Å². The molecule has 0 spiro atoms. The minimum Gasteiger partial charge on any atom is -0.385 e. The van der Waals surface area contributed by atoms with Crippen molar-refractivity contribution in [2.24, 2.45) is 0 Å². The Morgan fingerprint density at radius 1 is 1.41 bits per heavy atom. The lowest BCUT2D eigenvalue weighted by molar-refractivity contribution is 0.196. The van der Waals surface area contributed by atoms with E-state index in [0.717, 1.165) is 18.5 Å². The predicted octanol–water partition coefficient (Wildman–Crippen LogP) is 2.02. The Balaban J connectivity index is 2.78. The summed E-state index contributed by atoms with van der Waals surface area (Å²) in [6, 6.07) is 5.19. The average Bonchev–Trinajstić information content (AvgIpc) is 2.30. The molecule has 4 heteroatoms. The zero-order valence-corrected chi connectivity index (χ0v) is 10.8. The summed E-state index contributed by atoms with van der Waals surface area (Å²) >= 11 is 0. The maximum Gasteiger partial charge on any atom is 0.146 e. The molecule has 17 heavy (non-hydrogen) atoms. The lowest BCUT2D eigenvalue weighted by atomic mass is 10.1. The predicted molar refractivity (Wildman–Crippen MR) is 68.9 cm³/mol. The highest BCUT2D eigenvalue weighted by Gasteiger charge is 2.11.